The van der Waals surface area contributed by atoms with Gasteiger partial charge in [0.05, 0.1) is 5.03 Å². The molecule has 2 aliphatic heterocycles. The highest BCUT2D eigenvalue weighted by Gasteiger charge is 2.31. The normalized spacial score (nSPS) is 21.0. The average Bonchev–Trinajstić information content (AvgIpc) is 3.03. The Balaban J connectivity index is 1.83. The molecule has 5 heteroatoms. The van der Waals surface area contributed by atoms with Crippen molar-refractivity contribution in [2.24, 2.45) is 5.92 Å². The van der Waals surface area contributed by atoms with E-state index in [1.807, 2.05) is 50.2 Å². The van der Waals surface area contributed by atoms with Gasteiger partial charge in [-0.25, -0.2) is 0 Å². The molecule has 1 aromatic heterocycles. The number of nitrogens with zero attached hydrogens (tertiary/aromatic N) is 2. The zero-order valence-electron chi connectivity index (χ0n) is 13.4. The van der Waals surface area contributed by atoms with E-state index in [4.69, 9.17) is 16.3 Å². The van der Waals surface area contributed by atoms with E-state index in [-0.39, 0.29) is 17.7 Å². The molecule has 0 spiro atoms. The van der Waals surface area contributed by atoms with E-state index in [1.165, 1.54) is 0 Å². The Morgan fingerprint density at radius 2 is 2.26 bits per heavy atom. The van der Waals surface area contributed by atoms with Crippen LogP contribution in [0.3, 0.4) is 0 Å². The van der Waals surface area contributed by atoms with Crippen molar-refractivity contribution in [3.8, 4) is 0 Å². The third-order valence-corrected chi connectivity index (χ3v) is 4.60. The number of aromatic nitrogens is 1. The minimum atomic E-state index is -0.0122. The Hall–Kier alpha value is -2.07. The zero-order valence-corrected chi connectivity index (χ0v) is 14.2. The number of carbonyl (C=O) groups excluding carboxylic acids is 1. The molecule has 0 fully saturated rings. The highest BCUT2D eigenvalue weighted by Crippen LogP contribution is 2.36. The Morgan fingerprint density at radius 3 is 2.87 bits per heavy atom. The van der Waals surface area contributed by atoms with Crippen LogP contribution < -0.4 is 0 Å². The van der Waals surface area contributed by atoms with Crippen LogP contribution in [0.4, 0.5) is 0 Å². The van der Waals surface area contributed by atoms with Gasteiger partial charge in [0.1, 0.15) is 23.3 Å². The lowest BCUT2D eigenvalue weighted by Crippen LogP contribution is -2.27. The van der Waals surface area contributed by atoms with Gasteiger partial charge in [-0.3, -0.25) is 9.78 Å². The van der Waals surface area contributed by atoms with Gasteiger partial charge in [-0.2, -0.15) is 0 Å². The molecule has 3 rings (SSSR count). The van der Waals surface area contributed by atoms with Crippen molar-refractivity contribution in [3.05, 3.63) is 58.7 Å². The van der Waals surface area contributed by atoms with Crippen LogP contribution in [0.25, 0.3) is 5.76 Å². The second kappa shape index (κ2) is 6.20. The molecule has 1 unspecified atom stereocenters. The molecule has 0 N–H and O–H groups in total. The third kappa shape index (κ3) is 2.91. The van der Waals surface area contributed by atoms with Gasteiger partial charge in [-0.15, -0.1) is 0 Å². The second-order valence-corrected chi connectivity index (χ2v) is 6.28. The monoisotopic (exact) mass is 330 g/mol. The molecule has 0 bridgehead atoms. The maximum absolute atomic E-state index is 12.2. The van der Waals surface area contributed by atoms with Crippen molar-refractivity contribution < 1.29 is 9.53 Å². The van der Waals surface area contributed by atoms with E-state index in [2.05, 4.69) is 4.98 Å². The number of pyridine rings is 1. The van der Waals surface area contributed by atoms with E-state index in [0.29, 0.717) is 16.5 Å². The van der Waals surface area contributed by atoms with Crippen molar-refractivity contribution >= 4 is 23.1 Å². The first-order chi connectivity index (χ1) is 11.0. The maximum atomic E-state index is 12.2. The molecule has 3 heterocycles. The number of hydrogen-bond donors (Lipinski definition) is 0. The second-order valence-electron chi connectivity index (χ2n) is 5.88. The number of fused-ring (bicyclic) bond motifs is 1. The largest absolute Gasteiger partial charge is 0.457 e. The van der Waals surface area contributed by atoms with Crippen LogP contribution in [0.5, 0.6) is 0 Å². The minimum Gasteiger partial charge on any atom is -0.457 e. The summed E-state index contributed by atoms with van der Waals surface area (Å²) in [4.78, 5) is 18.5. The quantitative estimate of drug-likeness (QED) is 0.784. The fourth-order valence-electron chi connectivity index (χ4n) is 2.56. The fourth-order valence-corrected chi connectivity index (χ4v) is 2.77. The number of likely N-dealkylation sites (N-methyl/N-ethyl adjacent to an activating group) is 1. The first-order valence-corrected chi connectivity index (χ1v) is 8.09. The summed E-state index contributed by atoms with van der Waals surface area (Å²) in [7, 11) is 1.97. The summed E-state index contributed by atoms with van der Waals surface area (Å²) in [6.45, 7) is 3.92. The smallest absolute Gasteiger partial charge is 0.183 e. The predicted octanol–water partition coefficient (Wildman–Crippen LogP) is 3.96. The van der Waals surface area contributed by atoms with Gasteiger partial charge >= 0.3 is 0 Å². The molecule has 0 saturated heterocycles. The highest BCUT2D eigenvalue weighted by molar-refractivity contribution is 6.31. The number of hydrogen-bond acceptors (Lipinski definition) is 4. The lowest BCUT2D eigenvalue weighted by molar-refractivity contribution is 0.0922. The number of ketones is 1. The van der Waals surface area contributed by atoms with Gasteiger partial charge in [0.15, 0.2) is 5.78 Å². The number of halogens is 1. The van der Waals surface area contributed by atoms with Gasteiger partial charge in [-0.1, -0.05) is 25.4 Å². The Morgan fingerprint density at radius 1 is 1.48 bits per heavy atom. The van der Waals surface area contributed by atoms with Crippen molar-refractivity contribution in [1.82, 2.24) is 9.88 Å². The topological polar surface area (TPSA) is 42.4 Å². The van der Waals surface area contributed by atoms with Gasteiger partial charge in [-0.05, 0) is 30.7 Å². The number of carbonyl (C=O) groups is 1. The van der Waals surface area contributed by atoms with Gasteiger partial charge in [0.25, 0.3) is 0 Å². The van der Waals surface area contributed by atoms with Gasteiger partial charge in [0.2, 0.25) is 0 Å². The minimum absolute atomic E-state index is 0.00363. The number of ether oxygens (including phenoxy) is 1. The lowest BCUT2D eigenvalue weighted by atomic mass is 10.0. The van der Waals surface area contributed by atoms with Crippen LogP contribution in [0.15, 0.2) is 47.5 Å². The standard InChI is InChI=1S/C18H19ClN2O2/c1-4-11(2)17(22)14-6-5-12(10-20-14)16-9-15-18(23-16)13(19)7-8-21(15)3/h5-11,15H,4H2,1-3H3/t11-,15?/m1/s1. The van der Waals surface area contributed by atoms with Crippen molar-refractivity contribution in [2.75, 3.05) is 7.05 Å². The molecule has 1 aromatic rings. The van der Waals surface area contributed by atoms with Crippen LogP contribution in [0.1, 0.15) is 36.3 Å². The van der Waals surface area contributed by atoms with E-state index in [1.54, 1.807) is 12.3 Å². The van der Waals surface area contributed by atoms with Gasteiger partial charge < -0.3 is 9.64 Å². The molecule has 0 radical (unpaired) electrons. The number of allylic oxidation sites excluding steroid dienone is 2. The SMILES string of the molecule is CC[C@@H](C)C(=O)c1ccc(C2=CC3C(=C(Cl)C=CN3C)O2)cn1. The molecule has 0 aliphatic carbocycles. The molecular weight excluding hydrogens is 312 g/mol. The summed E-state index contributed by atoms with van der Waals surface area (Å²) in [5.74, 6) is 1.51. The number of rotatable bonds is 4. The highest BCUT2D eigenvalue weighted by atomic mass is 35.5. The lowest BCUT2D eigenvalue weighted by Gasteiger charge is -2.24. The maximum Gasteiger partial charge on any atom is 0.183 e. The number of Topliss-reactive ketones (excluding diaryl/α,β-unsaturated/α-hetero) is 1. The first-order valence-electron chi connectivity index (χ1n) is 7.71. The van der Waals surface area contributed by atoms with Crippen molar-refractivity contribution in [2.45, 2.75) is 26.3 Å². The summed E-state index contributed by atoms with van der Waals surface area (Å²) < 4.78 is 5.89. The van der Waals surface area contributed by atoms with E-state index >= 15 is 0 Å². The third-order valence-electron chi connectivity index (χ3n) is 4.29. The van der Waals surface area contributed by atoms with Crippen molar-refractivity contribution in [1.29, 1.82) is 0 Å². The van der Waals surface area contributed by atoms with E-state index in [0.717, 1.165) is 17.7 Å². The van der Waals surface area contributed by atoms with Crippen LogP contribution in [-0.2, 0) is 4.74 Å². The van der Waals surface area contributed by atoms with Crippen LogP contribution in [0.2, 0.25) is 0 Å². The summed E-state index contributed by atoms with van der Waals surface area (Å²) in [5, 5.41) is 0.607. The fraction of sp³-hybridized carbons (Fsp3) is 0.333. The molecule has 0 amide bonds. The summed E-state index contributed by atoms with van der Waals surface area (Å²) in [6, 6.07) is 3.63. The van der Waals surface area contributed by atoms with Crippen LogP contribution in [-0.4, -0.2) is 28.8 Å². The first kappa shape index (κ1) is 15.8. The Kier molecular flexibility index (Phi) is 4.26. The molecular formula is C18H19ClN2O2. The Bertz CT molecular complexity index is 719. The molecule has 2 atom stereocenters. The molecule has 120 valence electrons. The predicted molar refractivity (Wildman–Crippen MR) is 90.7 cm³/mol. The van der Waals surface area contributed by atoms with Gasteiger partial charge in [0, 0.05) is 30.9 Å². The van der Waals surface area contributed by atoms with Crippen LogP contribution in [0, 0.1) is 5.92 Å². The molecule has 23 heavy (non-hydrogen) atoms. The average molecular weight is 331 g/mol. The summed E-state index contributed by atoms with van der Waals surface area (Å²) >= 11 is 6.20. The summed E-state index contributed by atoms with van der Waals surface area (Å²) in [6.07, 6.45) is 8.24. The van der Waals surface area contributed by atoms with Crippen LogP contribution >= 0.6 is 11.6 Å². The summed E-state index contributed by atoms with van der Waals surface area (Å²) in [5.41, 5.74) is 1.33. The molecule has 2 aliphatic rings. The van der Waals surface area contributed by atoms with E-state index < -0.39 is 0 Å². The molecule has 0 saturated carbocycles. The zero-order chi connectivity index (χ0) is 16.6. The Labute approximate surface area is 141 Å². The van der Waals surface area contributed by atoms with Crippen molar-refractivity contribution in [3.63, 3.8) is 0 Å². The van der Waals surface area contributed by atoms with E-state index in [9.17, 15) is 4.79 Å². The molecule has 4 nitrogen and oxygen atoms in total. The molecule has 0 aromatic carbocycles.